The second kappa shape index (κ2) is 4.61. The molecule has 0 spiro atoms. The summed E-state index contributed by atoms with van der Waals surface area (Å²) in [4.78, 5) is 17.1. The largest absolute Gasteiger partial charge is 0.349 e. The van der Waals surface area contributed by atoms with Crippen molar-refractivity contribution in [3.8, 4) is 0 Å². The van der Waals surface area contributed by atoms with E-state index in [0.717, 1.165) is 17.8 Å². The van der Waals surface area contributed by atoms with Crippen LogP contribution in [0.3, 0.4) is 0 Å². The van der Waals surface area contributed by atoms with E-state index in [-0.39, 0.29) is 0 Å². The van der Waals surface area contributed by atoms with Crippen molar-refractivity contribution in [1.29, 1.82) is 0 Å². The van der Waals surface area contributed by atoms with Gasteiger partial charge >= 0.3 is 7.60 Å². The van der Waals surface area contributed by atoms with E-state index in [9.17, 15) is 4.57 Å². The van der Waals surface area contributed by atoms with Crippen molar-refractivity contribution >= 4 is 7.60 Å². The molecule has 0 bridgehead atoms. The summed E-state index contributed by atoms with van der Waals surface area (Å²) in [6, 6.07) is 0. The fourth-order valence-corrected chi connectivity index (χ4v) is 1.47. The van der Waals surface area contributed by atoms with Crippen molar-refractivity contribution in [2.24, 2.45) is 0 Å². The lowest BCUT2D eigenvalue weighted by molar-refractivity contribution is 0.385. The Morgan fingerprint density at radius 3 is 2.25 bits per heavy atom. The maximum absolute atomic E-state index is 10.5. The lowest BCUT2D eigenvalue weighted by atomic mass is 10.1. The summed E-state index contributed by atoms with van der Waals surface area (Å²) in [7, 11) is -3.97. The average Bonchev–Trinajstić information content (AvgIpc) is 1.79. The van der Waals surface area contributed by atoms with E-state index in [1.54, 1.807) is 6.92 Å². The van der Waals surface area contributed by atoms with Gasteiger partial charge in [0.1, 0.15) is 0 Å². The number of allylic oxidation sites excluding steroid dienone is 2. The van der Waals surface area contributed by atoms with Gasteiger partial charge in [0.15, 0.2) is 0 Å². The van der Waals surface area contributed by atoms with Gasteiger partial charge in [-0.3, -0.25) is 4.57 Å². The fraction of sp³-hybridized carbons (Fsp3) is 0.500. The summed E-state index contributed by atoms with van der Waals surface area (Å²) in [6.45, 7) is 7.31. The molecule has 12 heavy (non-hydrogen) atoms. The van der Waals surface area contributed by atoms with Crippen molar-refractivity contribution in [3.63, 3.8) is 0 Å². The van der Waals surface area contributed by atoms with Crippen molar-refractivity contribution in [3.05, 3.63) is 23.5 Å². The summed E-state index contributed by atoms with van der Waals surface area (Å²) in [6.07, 6.45) is 1.45. The van der Waals surface area contributed by atoms with Gasteiger partial charge in [-0.05, 0) is 26.7 Å². The van der Waals surface area contributed by atoms with Crippen molar-refractivity contribution in [2.75, 3.05) is 0 Å². The molecule has 0 aliphatic heterocycles. The first-order valence-corrected chi connectivity index (χ1v) is 5.37. The highest BCUT2D eigenvalue weighted by Gasteiger charge is 2.07. The summed E-state index contributed by atoms with van der Waals surface area (Å²) < 4.78 is 10.5. The second-order valence-corrected chi connectivity index (χ2v) is 4.46. The third-order valence-electron chi connectivity index (χ3n) is 1.33. The number of hydrogen-bond acceptors (Lipinski definition) is 1. The zero-order valence-corrected chi connectivity index (χ0v) is 8.34. The van der Waals surface area contributed by atoms with Gasteiger partial charge in [-0.1, -0.05) is 11.1 Å². The molecule has 0 unspecified atom stereocenters. The topological polar surface area (TPSA) is 57.5 Å². The van der Waals surface area contributed by atoms with E-state index < -0.39 is 7.60 Å². The molecular formula is C8H15O3P. The van der Waals surface area contributed by atoms with Crippen LogP contribution in [0.25, 0.3) is 0 Å². The molecule has 0 saturated heterocycles. The first-order valence-electron chi connectivity index (χ1n) is 3.69. The maximum Gasteiger partial charge on any atom is 0.349 e. The minimum Gasteiger partial charge on any atom is -0.321 e. The molecule has 0 atom stereocenters. The van der Waals surface area contributed by atoms with Crippen molar-refractivity contribution < 1.29 is 14.4 Å². The Morgan fingerprint density at radius 2 is 1.92 bits per heavy atom. The molecule has 0 rings (SSSR count). The molecule has 3 nitrogen and oxygen atoms in total. The average molecular weight is 190 g/mol. The number of rotatable bonds is 4. The SMILES string of the molecule is C=C(C)CC/C(C)=C/P(=O)(O)O. The molecule has 70 valence electrons. The lowest BCUT2D eigenvalue weighted by Gasteiger charge is -2.01. The van der Waals surface area contributed by atoms with E-state index in [0.29, 0.717) is 12.0 Å². The zero-order valence-electron chi connectivity index (χ0n) is 7.45. The molecule has 0 aliphatic carbocycles. The van der Waals surface area contributed by atoms with Crippen LogP contribution < -0.4 is 0 Å². The third kappa shape index (κ3) is 7.73. The molecule has 0 aromatic carbocycles. The van der Waals surface area contributed by atoms with Crippen LogP contribution in [0.4, 0.5) is 0 Å². The van der Waals surface area contributed by atoms with E-state index in [4.69, 9.17) is 9.79 Å². The predicted molar refractivity (Wildman–Crippen MR) is 49.8 cm³/mol. The van der Waals surface area contributed by atoms with Gasteiger partial charge in [-0.15, -0.1) is 6.58 Å². The second-order valence-electron chi connectivity index (χ2n) is 3.02. The molecule has 0 aromatic rings. The molecule has 0 aliphatic rings. The molecular weight excluding hydrogens is 175 g/mol. The van der Waals surface area contributed by atoms with E-state index in [1.807, 2.05) is 6.92 Å². The molecule has 0 aromatic heterocycles. The molecule has 0 saturated carbocycles. The molecule has 0 amide bonds. The van der Waals surface area contributed by atoms with Crippen LogP contribution in [0.2, 0.25) is 0 Å². The van der Waals surface area contributed by atoms with E-state index in [2.05, 4.69) is 6.58 Å². The zero-order chi connectivity index (χ0) is 9.78. The smallest absolute Gasteiger partial charge is 0.321 e. The van der Waals surface area contributed by atoms with Gasteiger partial charge in [0.25, 0.3) is 0 Å². The molecule has 0 heterocycles. The minimum atomic E-state index is -3.97. The molecule has 0 radical (unpaired) electrons. The predicted octanol–water partition coefficient (Wildman–Crippen LogP) is 2.42. The normalized spacial score (nSPS) is 13.2. The van der Waals surface area contributed by atoms with Crippen LogP contribution in [0.1, 0.15) is 26.7 Å². The fourth-order valence-electron chi connectivity index (χ4n) is 0.762. The summed E-state index contributed by atoms with van der Waals surface area (Å²) in [5.41, 5.74) is 1.74. The highest BCUT2D eigenvalue weighted by molar-refractivity contribution is 7.55. The first kappa shape index (κ1) is 11.6. The van der Waals surface area contributed by atoms with Gasteiger partial charge in [-0.25, -0.2) is 0 Å². The van der Waals surface area contributed by atoms with Gasteiger partial charge < -0.3 is 9.79 Å². The summed E-state index contributed by atoms with van der Waals surface area (Å²) in [5.74, 6) is 1.01. The monoisotopic (exact) mass is 190 g/mol. The lowest BCUT2D eigenvalue weighted by Crippen LogP contribution is -1.80. The Morgan fingerprint density at radius 1 is 1.42 bits per heavy atom. The third-order valence-corrected chi connectivity index (χ3v) is 2.11. The van der Waals surface area contributed by atoms with Crippen LogP contribution in [0.5, 0.6) is 0 Å². The number of hydrogen-bond donors (Lipinski definition) is 2. The Balaban J connectivity index is 4.04. The standard InChI is InChI=1S/C8H15O3P/c1-7(2)4-5-8(3)6-12(9,10)11/h6H,1,4-5H2,2-3H3,(H2,9,10,11)/b8-6+. The van der Waals surface area contributed by atoms with E-state index in [1.165, 1.54) is 0 Å². The van der Waals surface area contributed by atoms with E-state index >= 15 is 0 Å². The van der Waals surface area contributed by atoms with Gasteiger partial charge in [0, 0.05) is 5.82 Å². The van der Waals surface area contributed by atoms with Crippen LogP contribution >= 0.6 is 7.60 Å². The van der Waals surface area contributed by atoms with Crippen LogP contribution in [-0.2, 0) is 4.57 Å². The Bertz CT molecular complexity index is 237. The van der Waals surface area contributed by atoms with Crippen LogP contribution in [0, 0.1) is 0 Å². The maximum atomic E-state index is 10.5. The highest BCUT2D eigenvalue weighted by Crippen LogP contribution is 2.38. The van der Waals surface area contributed by atoms with Crippen LogP contribution in [0.15, 0.2) is 23.5 Å². The molecule has 2 N–H and O–H groups in total. The van der Waals surface area contributed by atoms with Crippen molar-refractivity contribution in [2.45, 2.75) is 26.7 Å². The quantitative estimate of drug-likeness (QED) is 0.528. The van der Waals surface area contributed by atoms with Crippen LogP contribution in [-0.4, -0.2) is 9.79 Å². The first-order chi connectivity index (χ1) is 5.31. The van der Waals surface area contributed by atoms with Gasteiger partial charge in [-0.2, -0.15) is 0 Å². The summed E-state index contributed by atoms with van der Waals surface area (Å²) >= 11 is 0. The Hall–Kier alpha value is -0.370. The highest BCUT2D eigenvalue weighted by atomic mass is 31.2. The Kier molecular flexibility index (Phi) is 4.46. The van der Waals surface area contributed by atoms with Gasteiger partial charge in [0.2, 0.25) is 0 Å². The molecule has 0 fully saturated rings. The summed E-state index contributed by atoms with van der Waals surface area (Å²) in [5, 5.41) is 0. The molecule has 4 heteroatoms. The van der Waals surface area contributed by atoms with Crippen molar-refractivity contribution in [1.82, 2.24) is 0 Å². The minimum absolute atomic E-state index is 0.667. The Labute approximate surface area is 73.0 Å². The van der Waals surface area contributed by atoms with Gasteiger partial charge in [0.05, 0.1) is 0 Å².